The highest BCUT2D eigenvalue weighted by molar-refractivity contribution is 7.86. The Hall–Kier alpha value is -0.190. The normalized spacial score (nSPS) is 16.5. The highest BCUT2D eigenvalue weighted by Gasteiger charge is 2.32. The molecular weight excluding hydrogens is 304 g/mol. The molecule has 12 heteroatoms. The average molecular weight is 316 g/mol. The van der Waals surface area contributed by atoms with Crippen LogP contribution in [-0.2, 0) is 27.9 Å². The molecule has 0 amide bonds. The van der Waals surface area contributed by atoms with Crippen LogP contribution in [0.15, 0.2) is 0 Å². The summed E-state index contributed by atoms with van der Waals surface area (Å²) in [6.07, 6.45) is -4.47. The zero-order valence-corrected chi connectivity index (χ0v) is 10.9. The van der Waals surface area contributed by atoms with Gasteiger partial charge in [-0.3, -0.25) is 13.2 Å². The van der Waals surface area contributed by atoms with Crippen molar-refractivity contribution in [3.63, 3.8) is 0 Å². The van der Waals surface area contributed by atoms with E-state index in [0.717, 1.165) is 0 Å². The van der Waals surface area contributed by atoms with Crippen LogP contribution in [-0.4, -0.2) is 38.6 Å². The van der Waals surface area contributed by atoms with E-state index in [1.54, 1.807) is 6.92 Å². The summed E-state index contributed by atoms with van der Waals surface area (Å²) >= 11 is 0. The molecule has 0 bridgehead atoms. The third-order valence-electron chi connectivity index (χ3n) is 1.22. The first-order chi connectivity index (χ1) is 7.97. The fourth-order valence-electron chi connectivity index (χ4n) is 0.566. The molecule has 0 saturated heterocycles. The van der Waals surface area contributed by atoms with E-state index >= 15 is 0 Å². The zero-order valence-electron chi connectivity index (χ0n) is 9.21. The van der Waals surface area contributed by atoms with Gasteiger partial charge in [-0.25, -0.2) is 4.57 Å². The molecule has 0 aromatic rings. The van der Waals surface area contributed by atoms with Crippen molar-refractivity contribution in [2.24, 2.45) is 0 Å². The average Bonchev–Trinajstić information content (AvgIpc) is 2.21. The molecule has 1 N–H and O–H groups in total. The Bertz CT molecular complexity index is 392. The van der Waals surface area contributed by atoms with Crippen molar-refractivity contribution in [2.45, 2.75) is 19.5 Å². The molecule has 0 heterocycles. The van der Waals surface area contributed by atoms with Crippen molar-refractivity contribution in [1.82, 2.24) is 0 Å². The number of hydrogen-bond acceptors (Lipinski definition) is 6. The van der Waals surface area contributed by atoms with Crippen LogP contribution in [0.25, 0.3) is 0 Å². The van der Waals surface area contributed by atoms with Gasteiger partial charge in [0.25, 0.3) is 10.1 Å². The van der Waals surface area contributed by atoms with Gasteiger partial charge in [0, 0.05) is 0 Å². The van der Waals surface area contributed by atoms with Crippen LogP contribution in [0.1, 0.15) is 13.3 Å². The number of hydrogen-bond donors (Lipinski definition) is 1. The summed E-state index contributed by atoms with van der Waals surface area (Å²) in [7, 11) is -9.34. The summed E-state index contributed by atoms with van der Waals surface area (Å²) in [6, 6.07) is 0. The zero-order chi connectivity index (χ0) is 14.4. The Labute approximate surface area is 102 Å². The van der Waals surface area contributed by atoms with Crippen LogP contribution < -0.4 is 0 Å². The molecule has 7 nitrogen and oxygen atoms in total. The Balaban J connectivity index is 4.23. The van der Waals surface area contributed by atoms with E-state index in [4.69, 9.17) is 4.89 Å². The highest BCUT2D eigenvalue weighted by Crippen LogP contribution is 2.43. The van der Waals surface area contributed by atoms with Gasteiger partial charge in [0.05, 0.1) is 6.61 Å². The SMILES string of the molecule is CCCOP(=O)(O)OCS(=O)(=O)OCC(F)(F)F. The second-order valence-electron chi connectivity index (χ2n) is 2.98. The molecule has 0 rings (SSSR count). The summed E-state index contributed by atoms with van der Waals surface area (Å²) in [5.74, 6) is -1.51. The van der Waals surface area contributed by atoms with Crippen molar-refractivity contribution in [3.8, 4) is 0 Å². The Morgan fingerprint density at radius 3 is 2.28 bits per heavy atom. The van der Waals surface area contributed by atoms with Gasteiger partial charge in [0.15, 0.2) is 12.5 Å². The third kappa shape index (κ3) is 9.80. The van der Waals surface area contributed by atoms with Gasteiger partial charge in [-0.15, -0.1) is 0 Å². The molecule has 0 aromatic heterocycles. The first kappa shape index (κ1) is 17.8. The quantitative estimate of drug-likeness (QED) is 0.533. The van der Waals surface area contributed by atoms with Crippen LogP contribution in [0.2, 0.25) is 0 Å². The minimum atomic E-state index is -4.84. The summed E-state index contributed by atoms with van der Waals surface area (Å²) in [5, 5.41) is 0. The van der Waals surface area contributed by atoms with E-state index in [9.17, 15) is 26.2 Å². The second-order valence-corrected chi connectivity index (χ2v) is 6.02. The standard InChI is InChI=1S/C6H12F3O7PS/c1-2-3-14-17(10,11)15-5-18(12,13)16-4-6(7,8)9/h2-5H2,1H3,(H,10,11). The van der Waals surface area contributed by atoms with Crippen LogP contribution in [0, 0.1) is 0 Å². The summed E-state index contributed by atoms with van der Waals surface area (Å²) in [6.45, 7) is -0.593. The van der Waals surface area contributed by atoms with Crippen LogP contribution in [0.5, 0.6) is 0 Å². The van der Waals surface area contributed by atoms with Gasteiger partial charge in [-0.1, -0.05) is 6.92 Å². The first-order valence-electron chi connectivity index (χ1n) is 4.53. The molecule has 0 aliphatic heterocycles. The maximum absolute atomic E-state index is 11.7. The lowest BCUT2D eigenvalue weighted by Gasteiger charge is -2.12. The van der Waals surface area contributed by atoms with Crippen molar-refractivity contribution >= 4 is 17.9 Å². The van der Waals surface area contributed by atoms with Gasteiger partial charge in [0.2, 0.25) is 0 Å². The largest absolute Gasteiger partial charge is 0.473 e. The molecule has 1 atom stereocenters. The van der Waals surface area contributed by atoms with Gasteiger partial charge in [-0.2, -0.15) is 21.6 Å². The van der Waals surface area contributed by atoms with Crippen molar-refractivity contribution in [1.29, 1.82) is 0 Å². The van der Waals surface area contributed by atoms with Gasteiger partial charge >= 0.3 is 14.0 Å². The molecule has 0 aromatic carbocycles. The number of phosphoric ester groups is 1. The van der Waals surface area contributed by atoms with E-state index in [2.05, 4.69) is 13.2 Å². The lowest BCUT2D eigenvalue weighted by Crippen LogP contribution is -2.22. The number of halogens is 3. The Kier molecular flexibility index (Phi) is 6.75. The number of alkyl halides is 3. The molecule has 0 aliphatic carbocycles. The monoisotopic (exact) mass is 316 g/mol. The first-order valence-corrected chi connectivity index (χ1v) is 7.60. The van der Waals surface area contributed by atoms with Gasteiger partial charge < -0.3 is 4.89 Å². The third-order valence-corrected chi connectivity index (χ3v) is 3.24. The van der Waals surface area contributed by atoms with Crippen molar-refractivity contribution < 1.29 is 44.3 Å². The summed E-state index contributed by atoms with van der Waals surface area (Å²) in [4.78, 5) is 8.91. The van der Waals surface area contributed by atoms with Crippen LogP contribution in [0.4, 0.5) is 13.2 Å². The number of phosphoric acid groups is 1. The smallest absolute Gasteiger partial charge is 0.302 e. The molecule has 0 saturated carbocycles. The van der Waals surface area contributed by atoms with Gasteiger partial charge in [0.1, 0.15) is 0 Å². The highest BCUT2D eigenvalue weighted by atomic mass is 32.2. The molecule has 0 fully saturated rings. The van der Waals surface area contributed by atoms with E-state index in [1.807, 2.05) is 0 Å². The van der Waals surface area contributed by atoms with Crippen molar-refractivity contribution in [2.75, 3.05) is 19.2 Å². The van der Waals surface area contributed by atoms with Crippen LogP contribution >= 0.6 is 7.82 Å². The predicted octanol–water partition coefficient (Wildman–Crippen LogP) is 1.40. The Morgan fingerprint density at radius 1 is 1.28 bits per heavy atom. The molecule has 0 radical (unpaired) electrons. The lowest BCUT2D eigenvalue weighted by atomic mass is 10.5. The maximum atomic E-state index is 11.7. The summed E-state index contributed by atoms with van der Waals surface area (Å²) < 4.78 is 79.5. The molecule has 0 spiro atoms. The van der Waals surface area contributed by atoms with E-state index in [1.165, 1.54) is 0 Å². The van der Waals surface area contributed by atoms with Crippen LogP contribution in [0.3, 0.4) is 0 Å². The summed E-state index contributed by atoms with van der Waals surface area (Å²) in [5.41, 5.74) is 0. The maximum Gasteiger partial charge on any atom is 0.473 e. The fraction of sp³-hybridized carbons (Fsp3) is 1.00. The molecule has 18 heavy (non-hydrogen) atoms. The predicted molar refractivity (Wildman–Crippen MR) is 52.9 cm³/mol. The topological polar surface area (TPSA) is 99.1 Å². The van der Waals surface area contributed by atoms with Crippen molar-refractivity contribution in [3.05, 3.63) is 0 Å². The minimum Gasteiger partial charge on any atom is -0.302 e. The molecule has 110 valence electrons. The number of rotatable bonds is 8. The molecular formula is C6H12F3O7PS. The second kappa shape index (κ2) is 6.83. The lowest BCUT2D eigenvalue weighted by molar-refractivity contribution is -0.152. The van der Waals surface area contributed by atoms with E-state index < -0.39 is 36.7 Å². The van der Waals surface area contributed by atoms with E-state index in [-0.39, 0.29) is 6.61 Å². The van der Waals surface area contributed by atoms with Gasteiger partial charge in [-0.05, 0) is 6.42 Å². The fourth-order valence-corrected chi connectivity index (χ4v) is 2.48. The molecule has 0 aliphatic rings. The Morgan fingerprint density at radius 2 is 1.83 bits per heavy atom. The minimum absolute atomic E-state index is 0.169. The molecule has 1 unspecified atom stereocenters. The van der Waals surface area contributed by atoms with E-state index in [0.29, 0.717) is 6.42 Å².